The van der Waals surface area contributed by atoms with Crippen molar-refractivity contribution in [3.05, 3.63) is 12.7 Å². The van der Waals surface area contributed by atoms with E-state index in [9.17, 15) is 33.4 Å². The van der Waals surface area contributed by atoms with E-state index in [1.165, 1.54) is 0 Å². The van der Waals surface area contributed by atoms with Crippen LogP contribution in [-0.4, -0.2) is 86.1 Å². The molecule has 0 bridgehead atoms. The molecule has 6 atom stereocenters. The molecule has 11 nitrogen and oxygen atoms in total. The van der Waals surface area contributed by atoms with Gasteiger partial charge in [-0.15, -0.1) is 6.58 Å². The average Bonchev–Trinajstić information content (AvgIpc) is 2.52. The second-order valence-electron chi connectivity index (χ2n) is 4.79. The van der Waals surface area contributed by atoms with Crippen LogP contribution in [-0.2, 0) is 19.4 Å². The van der Waals surface area contributed by atoms with Crippen molar-refractivity contribution >= 4 is 27.2 Å². The molecular weight excluding hydrogens is 409 g/mol. The molecule has 1 rings (SSSR count). The summed E-state index contributed by atoms with van der Waals surface area (Å²) in [4.78, 5) is 0. The van der Waals surface area contributed by atoms with Crippen molar-refractivity contribution in [1.29, 1.82) is 0 Å². The van der Waals surface area contributed by atoms with Crippen molar-refractivity contribution in [3.8, 4) is 0 Å². The van der Waals surface area contributed by atoms with E-state index in [1.54, 1.807) is 0 Å². The summed E-state index contributed by atoms with van der Waals surface area (Å²) in [7, 11) is -5.14. The Morgan fingerprint density at radius 3 is 2.44 bits per heavy atom. The molecule has 1 aliphatic heterocycles. The quantitative estimate of drug-likeness (QED) is 0.0495. The minimum absolute atomic E-state index is 0. The van der Waals surface area contributed by atoms with E-state index >= 15 is 0 Å². The predicted molar refractivity (Wildman–Crippen MR) is 80.4 cm³/mol. The number of hydrogen-bond donors (Lipinski definition) is 5. The third kappa shape index (κ3) is 8.61. The number of hydrogen-bond acceptors (Lipinski definition) is 12. The molecule has 1 heterocycles. The van der Waals surface area contributed by atoms with Gasteiger partial charge < -0.3 is 34.8 Å². The Labute approximate surface area is 191 Å². The normalized spacial score (nSPS) is 31.8. The maximum absolute atomic E-state index is 10.5. The van der Waals surface area contributed by atoms with Crippen molar-refractivity contribution < 1.29 is 98.9 Å². The molecule has 0 aromatic heterocycles. The van der Waals surface area contributed by atoms with Crippen LogP contribution in [0.25, 0.3) is 0 Å². The summed E-state index contributed by atoms with van der Waals surface area (Å²) in [5, 5.41) is 50.7. The van der Waals surface area contributed by atoms with Gasteiger partial charge in [0.15, 0.2) is 0 Å². The van der Waals surface area contributed by atoms with E-state index < -0.39 is 53.0 Å². The average molecular weight is 427 g/mol. The topological polar surface area (TPSA) is 189 Å². The molecule has 25 heavy (non-hydrogen) atoms. The molecule has 1 unspecified atom stereocenters. The molecule has 0 spiro atoms. The van der Waals surface area contributed by atoms with E-state index in [0.717, 1.165) is 6.08 Å². The van der Waals surface area contributed by atoms with E-state index in [0.29, 0.717) is 11.8 Å². The molecule has 0 radical (unpaired) electrons. The maximum Gasteiger partial charge on any atom is 1.00 e. The number of nitrogens with zero attached hydrogens (tertiary/aromatic N) is 1. The van der Waals surface area contributed by atoms with E-state index in [-0.39, 0.29) is 62.8 Å². The van der Waals surface area contributed by atoms with Crippen molar-refractivity contribution in [2.45, 2.75) is 42.4 Å². The fourth-order valence-electron chi connectivity index (χ4n) is 1.76. The van der Waals surface area contributed by atoms with Gasteiger partial charge in [-0.2, -0.15) is 8.42 Å². The van der Waals surface area contributed by atoms with Crippen LogP contribution in [0.3, 0.4) is 0 Å². The van der Waals surface area contributed by atoms with Crippen LogP contribution in [0.4, 0.5) is 0 Å². The second kappa shape index (κ2) is 11.7. The van der Waals surface area contributed by atoms with Gasteiger partial charge in [-0.05, 0) is 0 Å². The van der Waals surface area contributed by atoms with Crippen LogP contribution in [0.5, 0.6) is 0 Å². The number of rotatable bonds is 7. The van der Waals surface area contributed by atoms with Gasteiger partial charge in [-0.3, -0.25) is 4.28 Å². The number of aliphatic hydroxyl groups is 5. The maximum atomic E-state index is 10.5. The van der Waals surface area contributed by atoms with Crippen molar-refractivity contribution in [2.24, 2.45) is 5.16 Å². The van der Waals surface area contributed by atoms with E-state index in [2.05, 4.69) is 16.0 Å². The fourth-order valence-corrected chi connectivity index (χ4v) is 3.10. The van der Waals surface area contributed by atoms with Crippen LogP contribution in [0, 0.1) is 0 Å². The van der Waals surface area contributed by atoms with Gasteiger partial charge in [0.05, 0.1) is 12.7 Å². The largest absolute Gasteiger partial charge is 1.00 e. The molecule has 1 aliphatic rings. The standard InChI is InChI=1S/C11H19NO10S2.K/c1-2-5(14)3-7(12-22-24(18,19)20)23-11-10(17)9(16)8(15)6(4-13)21-11;/h2,5-6,8-11,13-17H,1,3-4H2,(H,18,19,20);/q;+1/p-1/b12-7+;/t5?,6-,8-,9+,10-,11+;/m1./s1. The molecule has 0 saturated carbocycles. The van der Waals surface area contributed by atoms with Crippen molar-refractivity contribution in [3.63, 3.8) is 0 Å². The minimum Gasteiger partial charge on any atom is -0.714 e. The van der Waals surface area contributed by atoms with Crippen LogP contribution in [0.2, 0.25) is 0 Å². The van der Waals surface area contributed by atoms with Crippen molar-refractivity contribution in [2.75, 3.05) is 6.61 Å². The molecule has 0 aliphatic carbocycles. The predicted octanol–water partition coefficient (Wildman–Crippen LogP) is -5.75. The molecule has 140 valence electrons. The van der Waals surface area contributed by atoms with Gasteiger partial charge >= 0.3 is 51.4 Å². The number of oxime groups is 1. The Kier molecular flexibility index (Phi) is 12.1. The first-order valence-corrected chi connectivity index (χ1v) is 8.79. The second-order valence-corrected chi connectivity index (χ2v) is 6.93. The Morgan fingerprint density at radius 2 is 1.96 bits per heavy atom. The minimum atomic E-state index is -5.14. The van der Waals surface area contributed by atoms with Crippen molar-refractivity contribution in [1.82, 2.24) is 0 Å². The Bertz CT molecular complexity index is 557. The zero-order chi connectivity index (χ0) is 18.5. The first-order valence-electron chi connectivity index (χ1n) is 6.58. The Morgan fingerprint density at radius 1 is 1.36 bits per heavy atom. The van der Waals surface area contributed by atoms with Gasteiger partial charge in [-0.25, -0.2) is 0 Å². The van der Waals surface area contributed by atoms with Gasteiger partial charge in [0.1, 0.15) is 34.9 Å². The fraction of sp³-hybridized carbons (Fsp3) is 0.727. The monoisotopic (exact) mass is 427 g/mol. The SMILES string of the molecule is C=CC(O)C/C(=N\OS(=O)(=O)[O-])S[C@@H]1O[C@H](CO)[C@@H](O)[C@H](O)[C@H]1O.[K+]. The zero-order valence-electron chi connectivity index (χ0n) is 13.2. The third-order valence-corrected chi connectivity index (χ3v) is 4.38. The molecule has 0 aromatic rings. The van der Waals surface area contributed by atoms with Crippen LogP contribution < -0.4 is 51.4 Å². The van der Waals surface area contributed by atoms with Gasteiger partial charge in [-0.1, -0.05) is 23.0 Å². The van der Waals surface area contributed by atoms with Crippen LogP contribution >= 0.6 is 11.8 Å². The smallest absolute Gasteiger partial charge is 0.714 e. The third-order valence-electron chi connectivity index (χ3n) is 2.99. The van der Waals surface area contributed by atoms with E-state index in [4.69, 9.17) is 9.84 Å². The molecule has 0 aromatic carbocycles. The summed E-state index contributed by atoms with van der Waals surface area (Å²) < 4.78 is 40.4. The number of thioether (sulfide) groups is 1. The molecule has 14 heteroatoms. The summed E-state index contributed by atoms with van der Waals surface area (Å²) in [5.74, 6) is 0. The molecule has 1 fully saturated rings. The molecule has 1 saturated heterocycles. The Balaban J connectivity index is 0.00000576. The number of aliphatic hydroxyl groups excluding tert-OH is 5. The van der Waals surface area contributed by atoms with Crippen LogP contribution in [0.1, 0.15) is 6.42 Å². The summed E-state index contributed by atoms with van der Waals surface area (Å²) in [5.41, 5.74) is -1.28. The molecule has 5 N–H and O–H groups in total. The van der Waals surface area contributed by atoms with Gasteiger partial charge in [0.2, 0.25) is 0 Å². The Hall–Kier alpha value is 0.866. The summed E-state index contributed by atoms with van der Waals surface area (Å²) in [6.45, 7) is 2.65. The van der Waals surface area contributed by atoms with Gasteiger partial charge in [0, 0.05) is 6.42 Å². The van der Waals surface area contributed by atoms with Gasteiger partial charge in [0.25, 0.3) is 10.4 Å². The number of ether oxygens (including phenoxy) is 1. The molecule has 0 amide bonds. The summed E-state index contributed by atoms with van der Waals surface area (Å²) >= 11 is 0.542. The zero-order valence-corrected chi connectivity index (χ0v) is 18.0. The first kappa shape index (κ1) is 25.9. The molecular formula is C11H18KNO10S2. The van der Waals surface area contributed by atoms with Crippen LogP contribution in [0.15, 0.2) is 17.8 Å². The summed E-state index contributed by atoms with van der Waals surface area (Å²) in [6.07, 6.45) is -6.41. The van der Waals surface area contributed by atoms with E-state index in [1.807, 2.05) is 0 Å². The summed E-state index contributed by atoms with van der Waals surface area (Å²) in [6, 6.07) is 0. The first-order chi connectivity index (χ1) is 11.1.